The van der Waals surface area contributed by atoms with Crippen LogP contribution >= 0.6 is 0 Å². The van der Waals surface area contributed by atoms with Crippen molar-refractivity contribution in [3.05, 3.63) is 34.9 Å². The molecule has 3 heterocycles. The van der Waals surface area contributed by atoms with Gasteiger partial charge in [0.15, 0.2) is 0 Å². The van der Waals surface area contributed by atoms with Gasteiger partial charge in [-0.3, -0.25) is 19.7 Å². The van der Waals surface area contributed by atoms with Gasteiger partial charge in [0.1, 0.15) is 6.04 Å². The van der Waals surface area contributed by atoms with Gasteiger partial charge < -0.3 is 15.5 Å². The lowest BCUT2D eigenvalue weighted by molar-refractivity contribution is -0.136. The highest BCUT2D eigenvalue weighted by Crippen LogP contribution is 2.31. The van der Waals surface area contributed by atoms with E-state index in [4.69, 9.17) is 0 Å². The monoisotopic (exact) mass is 396 g/mol. The molecule has 29 heavy (non-hydrogen) atoms. The molecule has 4 unspecified atom stereocenters. The van der Waals surface area contributed by atoms with Gasteiger partial charge >= 0.3 is 0 Å². The Morgan fingerprint density at radius 1 is 1.10 bits per heavy atom. The fraction of sp³-hybridized carbons (Fsp3) is 0.591. The van der Waals surface area contributed by atoms with Crippen molar-refractivity contribution in [1.29, 1.82) is 0 Å². The maximum Gasteiger partial charge on any atom is 0.255 e. The molecule has 3 amide bonds. The molecule has 3 fully saturated rings. The third-order valence-electron chi connectivity index (χ3n) is 7.09. The van der Waals surface area contributed by atoms with Gasteiger partial charge in [-0.25, -0.2) is 0 Å². The molecule has 0 spiro atoms. The molecule has 1 aromatic rings. The van der Waals surface area contributed by atoms with Crippen LogP contribution < -0.4 is 16.0 Å². The first-order valence-electron chi connectivity index (χ1n) is 10.8. The van der Waals surface area contributed by atoms with Crippen molar-refractivity contribution in [2.45, 2.75) is 69.7 Å². The molecule has 2 saturated heterocycles. The van der Waals surface area contributed by atoms with Crippen LogP contribution in [-0.2, 0) is 22.7 Å². The molecule has 0 bridgehead atoms. The standard InChI is InChI=1S/C22H28N4O3/c27-20-8-7-19(21(28)25-20)26-12-14-9-13(5-6-15(14)22(26)29)10-23-18-11-24-17-4-2-1-3-16(17)18/h5-6,9,16-19,23-24H,1-4,7-8,10-12H2,(H,25,27,28). The Balaban J connectivity index is 1.24. The summed E-state index contributed by atoms with van der Waals surface area (Å²) in [5.41, 5.74) is 2.81. The van der Waals surface area contributed by atoms with Crippen LogP contribution in [0, 0.1) is 5.92 Å². The summed E-state index contributed by atoms with van der Waals surface area (Å²) in [6.45, 7) is 2.25. The molecule has 5 rings (SSSR count). The SMILES string of the molecule is O=C1CCC(N2Cc3cc(CNC4CNC5CCCCC54)ccc3C2=O)C(=O)N1. The first kappa shape index (κ1) is 18.8. The van der Waals surface area contributed by atoms with Crippen LogP contribution in [0.1, 0.15) is 60.0 Å². The highest BCUT2D eigenvalue weighted by atomic mass is 16.2. The van der Waals surface area contributed by atoms with E-state index in [2.05, 4.69) is 22.0 Å². The van der Waals surface area contributed by atoms with Crippen molar-refractivity contribution >= 4 is 17.7 Å². The number of carbonyl (C=O) groups is 3. The van der Waals surface area contributed by atoms with Gasteiger partial charge in [0.2, 0.25) is 11.8 Å². The van der Waals surface area contributed by atoms with E-state index < -0.39 is 6.04 Å². The fourth-order valence-corrected chi connectivity index (χ4v) is 5.53. The zero-order valence-corrected chi connectivity index (χ0v) is 16.6. The first-order valence-corrected chi connectivity index (χ1v) is 10.8. The van der Waals surface area contributed by atoms with Crippen molar-refractivity contribution in [3.63, 3.8) is 0 Å². The predicted octanol–water partition coefficient (Wildman–Crippen LogP) is 1.07. The second-order valence-corrected chi connectivity index (χ2v) is 8.84. The number of imide groups is 1. The van der Waals surface area contributed by atoms with Gasteiger partial charge in [0.25, 0.3) is 5.91 Å². The zero-order valence-electron chi connectivity index (χ0n) is 16.6. The normalized spacial score (nSPS) is 31.6. The molecular weight excluding hydrogens is 368 g/mol. The summed E-state index contributed by atoms with van der Waals surface area (Å²) in [4.78, 5) is 38.0. The summed E-state index contributed by atoms with van der Waals surface area (Å²) in [6, 6.07) is 6.61. The fourth-order valence-electron chi connectivity index (χ4n) is 5.53. The molecule has 154 valence electrons. The van der Waals surface area contributed by atoms with E-state index in [0.29, 0.717) is 30.6 Å². The van der Waals surface area contributed by atoms with Crippen molar-refractivity contribution in [2.75, 3.05) is 6.54 Å². The van der Waals surface area contributed by atoms with Crippen LogP contribution in [0.25, 0.3) is 0 Å². The van der Waals surface area contributed by atoms with Crippen LogP contribution in [-0.4, -0.2) is 47.3 Å². The molecule has 7 heteroatoms. The molecule has 3 aliphatic heterocycles. The second-order valence-electron chi connectivity index (χ2n) is 8.84. The number of benzene rings is 1. The average molecular weight is 396 g/mol. The van der Waals surface area contributed by atoms with E-state index >= 15 is 0 Å². The molecular formula is C22H28N4O3. The lowest BCUT2D eigenvalue weighted by Gasteiger charge is -2.29. The predicted molar refractivity (Wildman–Crippen MR) is 107 cm³/mol. The Labute approximate surface area is 170 Å². The summed E-state index contributed by atoms with van der Waals surface area (Å²) in [5.74, 6) is -0.00716. The highest BCUT2D eigenvalue weighted by Gasteiger charge is 2.39. The van der Waals surface area contributed by atoms with E-state index in [1.165, 1.54) is 31.2 Å². The Morgan fingerprint density at radius 3 is 2.83 bits per heavy atom. The number of fused-ring (bicyclic) bond motifs is 2. The van der Waals surface area contributed by atoms with E-state index in [9.17, 15) is 14.4 Å². The number of nitrogens with one attached hydrogen (secondary N) is 3. The van der Waals surface area contributed by atoms with Gasteiger partial charge in [-0.2, -0.15) is 0 Å². The number of piperidine rings is 1. The second kappa shape index (κ2) is 7.54. The molecule has 0 aromatic heterocycles. The minimum atomic E-state index is -0.554. The smallest absolute Gasteiger partial charge is 0.255 e. The molecule has 1 aromatic carbocycles. The third kappa shape index (κ3) is 3.46. The number of carbonyl (C=O) groups excluding carboxylic acids is 3. The quantitative estimate of drug-likeness (QED) is 0.663. The maximum absolute atomic E-state index is 12.8. The molecule has 7 nitrogen and oxygen atoms in total. The lowest BCUT2D eigenvalue weighted by atomic mass is 9.83. The van der Waals surface area contributed by atoms with Gasteiger partial charge in [-0.15, -0.1) is 0 Å². The van der Waals surface area contributed by atoms with Crippen LogP contribution in [0.5, 0.6) is 0 Å². The third-order valence-corrected chi connectivity index (χ3v) is 7.09. The molecule has 3 N–H and O–H groups in total. The zero-order chi connectivity index (χ0) is 20.0. The van der Waals surface area contributed by atoms with Crippen LogP contribution in [0.2, 0.25) is 0 Å². The van der Waals surface area contributed by atoms with Crippen LogP contribution in [0.15, 0.2) is 18.2 Å². The van der Waals surface area contributed by atoms with E-state index in [0.717, 1.165) is 24.6 Å². The molecule has 1 aliphatic carbocycles. The van der Waals surface area contributed by atoms with Crippen molar-refractivity contribution in [1.82, 2.24) is 20.9 Å². The summed E-state index contributed by atoms with van der Waals surface area (Å²) in [6.07, 6.45) is 5.94. The summed E-state index contributed by atoms with van der Waals surface area (Å²) >= 11 is 0. The van der Waals surface area contributed by atoms with Crippen LogP contribution in [0.3, 0.4) is 0 Å². The van der Waals surface area contributed by atoms with Crippen molar-refractivity contribution < 1.29 is 14.4 Å². The summed E-state index contributed by atoms with van der Waals surface area (Å²) in [5, 5.41) is 9.74. The van der Waals surface area contributed by atoms with Gasteiger partial charge in [-0.1, -0.05) is 25.0 Å². The van der Waals surface area contributed by atoms with Gasteiger partial charge in [-0.05, 0) is 42.4 Å². The number of hydrogen-bond donors (Lipinski definition) is 3. The van der Waals surface area contributed by atoms with Crippen LogP contribution in [0.4, 0.5) is 0 Å². The van der Waals surface area contributed by atoms with E-state index in [1.807, 2.05) is 12.1 Å². The first-order chi connectivity index (χ1) is 14.1. The summed E-state index contributed by atoms with van der Waals surface area (Å²) in [7, 11) is 0. The molecule has 0 radical (unpaired) electrons. The Kier molecular flexibility index (Phi) is 4.87. The number of rotatable bonds is 4. The molecule has 4 atom stereocenters. The summed E-state index contributed by atoms with van der Waals surface area (Å²) < 4.78 is 0. The molecule has 4 aliphatic rings. The Hall–Kier alpha value is -2.25. The van der Waals surface area contributed by atoms with Gasteiger partial charge in [0, 0.05) is 43.7 Å². The molecule has 1 saturated carbocycles. The van der Waals surface area contributed by atoms with E-state index in [-0.39, 0.29) is 24.1 Å². The maximum atomic E-state index is 12.8. The topological polar surface area (TPSA) is 90.5 Å². The number of nitrogens with zero attached hydrogens (tertiary/aromatic N) is 1. The largest absolute Gasteiger partial charge is 0.322 e. The average Bonchev–Trinajstić information content (AvgIpc) is 3.27. The number of amides is 3. The Morgan fingerprint density at radius 2 is 1.97 bits per heavy atom. The van der Waals surface area contributed by atoms with Crippen molar-refractivity contribution in [2.24, 2.45) is 5.92 Å². The highest BCUT2D eigenvalue weighted by molar-refractivity contribution is 6.05. The minimum absolute atomic E-state index is 0.112. The number of hydrogen-bond acceptors (Lipinski definition) is 5. The van der Waals surface area contributed by atoms with Crippen molar-refractivity contribution in [3.8, 4) is 0 Å². The van der Waals surface area contributed by atoms with E-state index in [1.54, 1.807) is 4.90 Å². The minimum Gasteiger partial charge on any atom is -0.322 e. The lowest BCUT2D eigenvalue weighted by Crippen LogP contribution is -2.52. The van der Waals surface area contributed by atoms with Gasteiger partial charge in [0.05, 0.1) is 0 Å². The Bertz CT molecular complexity index is 854.